The Bertz CT molecular complexity index is 681. The van der Waals surface area contributed by atoms with E-state index in [-0.39, 0.29) is 18.2 Å². The largest absolute Gasteiger partial charge is 0.277 e. The minimum Gasteiger partial charge on any atom is -0.277 e. The SMILES string of the molecule is CC[C@@]1(c2ccccc2)CC(=O)N(Cc2ccccc2)C1=O. The fourth-order valence-electron chi connectivity index (χ4n) is 3.19. The van der Waals surface area contributed by atoms with Gasteiger partial charge in [0.1, 0.15) is 0 Å². The maximum atomic E-state index is 13.0. The van der Waals surface area contributed by atoms with Crippen LogP contribution in [0.25, 0.3) is 0 Å². The van der Waals surface area contributed by atoms with E-state index in [4.69, 9.17) is 0 Å². The lowest BCUT2D eigenvalue weighted by molar-refractivity contribution is -0.140. The molecule has 3 heteroatoms. The average Bonchev–Trinajstić information content (AvgIpc) is 2.82. The second-order valence-electron chi connectivity index (χ2n) is 5.75. The molecule has 1 fully saturated rings. The maximum absolute atomic E-state index is 13.0. The molecule has 2 amide bonds. The van der Waals surface area contributed by atoms with E-state index in [1.54, 1.807) is 0 Å². The molecular weight excluding hydrogens is 274 g/mol. The second kappa shape index (κ2) is 5.76. The normalized spacial score (nSPS) is 21.4. The van der Waals surface area contributed by atoms with Gasteiger partial charge in [-0.1, -0.05) is 67.6 Å². The Morgan fingerprint density at radius 3 is 2.14 bits per heavy atom. The van der Waals surface area contributed by atoms with E-state index < -0.39 is 5.41 Å². The number of likely N-dealkylation sites (tertiary alicyclic amines) is 1. The molecule has 3 nitrogen and oxygen atoms in total. The third-order valence-electron chi connectivity index (χ3n) is 4.52. The first kappa shape index (κ1) is 14.5. The van der Waals surface area contributed by atoms with Gasteiger partial charge < -0.3 is 0 Å². The van der Waals surface area contributed by atoms with Gasteiger partial charge in [0.15, 0.2) is 0 Å². The third kappa shape index (κ3) is 2.33. The van der Waals surface area contributed by atoms with E-state index >= 15 is 0 Å². The molecule has 0 aromatic heterocycles. The number of benzene rings is 2. The third-order valence-corrected chi connectivity index (χ3v) is 4.52. The minimum absolute atomic E-state index is 0.0740. The van der Waals surface area contributed by atoms with Gasteiger partial charge in [-0.25, -0.2) is 0 Å². The molecule has 3 rings (SSSR count). The van der Waals surface area contributed by atoms with E-state index in [9.17, 15) is 9.59 Å². The van der Waals surface area contributed by atoms with Crippen LogP contribution in [-0.2, 0) is 21.5 Å². The van der Waals surface area contributed by atoms with E-state index in [1.807, 2.05) is 67.6 Å². The molecule has 1 atom stereocenters. The Labute approximate surface area is 130 Å². The predicted octanol–water partition coefficient (Wildman–Crippen LogP) is 3.29. The molecule has 2 aromatic carbocycles. The van der Waals surface area contributed by atoms with Gasteiger partial charge in [-0.2, -0.15) is 0 Å². The van der Waals surface area contributed by atoms with Crippen LogP contribution >= 0.6 is 0 Å². The van der Waals surface area contributed by atoms with Crippen molar-refractivity contribution in [3.63, 3.8) is 0 Å². The molecule has 1 saturated heterocycles. The van der Waals surface area contributed by atoms with Gasteiger partial charge in [0, 0.05) is 6.42 Å². The van der Waals surface area contributed by atoms with Crippen molar-refractivity contribution >= 4 is 11.8 Å². The highest BCUT2D eigenvalue weighted by Crippen LogP contribution is 2.40. The minimum atomic E-state index is -0.701. The molecule has 0 bridgehead atoms. The van der Waals surface area contributed by atoms with Crippen molar-refractivity contribution in [1.82, 2.24) is 4.90 Å². The van der Waals surface area contributed by atoms with Crippen LogP contribution < -0.4 is 0 Å². The summed E-state index contributed by atoms with van der Waals surface area (Å²) in [5.41, 5.74) is 1.21. The molecule has 0 N–H and O–H groups in total. The smallest absolute Gasteiger partial charge is 0.240 e. The number of carbonyl (C=O) groups excluding carboxylic acids is 2. The molecule has 0 aliphatic carbocycles. The van der Waals surface area contributed by atoms with Gasteiger partial charge in [0.25, 0.3) is 0 Å². The van der Waals surface area contributed by atoms with Gasteiger partial charge in [0.05, 0.1) is 12.0 Å². The highest BCUT2D eigenvalue weighted by molar-refractivity contribution is 6.09. The van der Waals surface area contributed by atoms with E-state index in [0.717, 1.165) is 11.1 Å². The molecule has 1 aliphatic rings. The van der Waals surface area contributed by atoms with Crippen molar-refractivity contribution in [2.75, 3.05) is 0 Å². The summed E-state index contributed by atoms with van der Waals surface area (Å²) in [6, 6.07) is 19.3. The topological polar surface area (TPSA) is 37.4 Å². The van der Waals surface area contributed by atoms with Crippen molar-refractivity contribution in [2.24, 2.45) is 0 Å². The van der Waals surface area contributed by atoms with Gasteiger partial charge in [-0.3, -0.25) is 14.5 Å². The molecular formula is C19H19NO2. The van der Waals surface area contributed by atoms with Crippen molar-refractivity contribution in [3.8, 4) is 0 Å². The van der Waals surface area contributed by atoms with Gasteiger partial charge in [-0.05, 0) is 17.5 Å². The summed E-state index contributed by atoms with van der Waals surface area (Å²) in [7, 11) is 0. The number of imide groups is 1. The summed E-state index contributed by atoms with van der Waals surface area (Å²) < 4.78 is 0. The van der Waals surface area contributed by atoms with Crippen molar-refractivity contribution < 1.29 is 9.59 Å². The number of rotatable bonds is 4. The first-order valence-electron chi connectivity index (χ1n) is 7.61. The zero-order valence-corrected chi connectivity index (χ0v) is 12.7. The van der Waals surface area contributed by atoms with Crippen LogP contribution in [0.1, 0.15) is 30.9 Å². The molecule has 1 heterocycles. The predicted molar refractivity (Wildman–Crippen MR) is 85.0 cm³/mol. The number of hydrogen-bond acceptors (Lipinski definition) is 2. The maximum Gasteiger partial charge on any atom is 0.240 e. The number of carbonyl (C=O) groups is 2. The number of nitrogens with zero attached hydrogens (tertiary/aromatic N) is 1. The van der Waals surface area contributed by atoms with Crippen LogP contribution in [-0.4, -0.2) is 16.7 Å². The highest BCUT2D eigenvalue weighted by Gasteiger charge is 2.51. The quantitative estimate of drug-likeness (QED) is 0.811. The van der Waals surface area contributed by atoms with Crippen molar-refractivity contribution in [2.45, 2.75) is 31.7 Å². The average molecular weight is 293 g/mol. The van der Waals surface area contributed by atoms with Crippen LogP contribution in [0.3, 0.4) is 0 Å². The van der Waals surface area contributed by atoms with Gasteiger partial charge >= 0.3 is 0 Å². The molecule has 0 spiro atoms. The Hall–Kier alpha value is -2.42. The van der Waals surface area contributed by atoms with Gasteiger partial charge in [0.2, 0.25) is 11.8 Å². The van der Waals surface area contributed by atoms with E-state index in [1.165, 1.54) is 4.90 Å². The van der Waals surface area contributed by atoms with Crippen LogP contribution in [0.15, 0.2) is 60.7 Å². The van der Waals surface area contributed by atoms with Crippen LogP contribution in [0, 0.1) is 0 Å². The zero-order chi connectivity index (χ0) is 15.6. The summed E-state index contributed by atoms with van der Waals surface area (Å²) in [5.74, 6) is -0.158. The monoisotopic (exact) mass is 293 g/mol. The summed E-state index contributed by atoms with van der Waals surface area (Å²) in [5, 5.41) is 0. The molecule has 1 aliphatic heterocycles. The number of hydrogen-bond donors (Lipinski definition) is 0. The van der Waals surface area contributed by atoms with E-state index in [0.29, 0.717) is 13.0 Å². The lowest BCUT2D eigenvalue weighted by atomic mass is 9.76. The lowest BCUT2D eigenvalue weighted by Crippen LogP contribution is -2.37. The zero-order valence-electron chi connectivity index (χ0n) is 12.7. The molecule has 22 heavy (non-hydrogen) atoms. The number of amides is 2. The Morgan fingerprint density at radius 2 is 1.55 bits per heavy atom. The Morgan fingerprint density at radius 1 is 0.955 bits per heavy atom. The highest BCUT2D eigenvalue weighted by atomic mass is 16.2. The van der Waals surface area contributed by atoms with Crippen LogP contribution in [0.5, 0.6) is 0 Å². The molecule has 0 radical (unpaired) electrons. The standard InChI is InChI=1S/C19H19NO2/c1-2-19(16-11-7-4-8-12-16)13-17(21)20(18(19)22)14-15-9-5-3-6-10-15/h3-12H,2,13-14H2,1H3/t19-/m0/s1. The lowest BCUT2D eigenvalue weighted by Gasteiger charge is -2.26. The summed E-state index contributed by atoms with van der Waals surface area (Å²) in [4.78, 5) is 26.8. The van der Waals surface area contributed by atoms with Crippen LogP contribution in [0.2, 0.25) is 0 Å². The Kier molecular flexibility index (Phi) is 3.80. The first-order valence-corrected chi connectivity index (χ1v) is 7.61. The molecule has 2 aromatic rings. The fourth-order valence-corrected chi connectivity index (χ4v) is 3.19. The summed E-state index contributed by atoms with van der Waals surface area (Å²) in [6.07, 6.45) is 0.895. The van der Waals surface area contributed by atoms with E-state index in [2.05, 4.69) is 0 Å². The summed E-state index contributed by atoms with van der Waals surface area (Å²) >= 11 is 0. The van der Waals surface area contributed by atoms with Crippen molar-refractivity contribution in [3.05, 3.63) is 71.8 Å². The molecule has 0 unspecified atom stereocenters. The van der Waals surface area contributed by atoms with Crippen LogP contribution in [0.4, 0.5) is 0 Å². The summed E-state index contributed by atoms with van der Waals surface area (Å²) in [6.45, 7) is 2.33. The second-order valence-corrected chi connectivity index (χ2v) is 5.75. The van der Waals surface area contributed by atoms with Gasteiger partial charge in [-0.15, -0.1) is 0 Å². The first-order chi connectivity index (χ1) is 10.7. The molecule has 112 valence electrons. The van der Waals surface area contributed by atoms with Crippen molar-refractivity contribution in [1.29, 1.82) is 0 Å². The Balaban J connectivity index is 1.93. The molecule has 0 saturated carbocycles. The fraction of sp³-hybridized carbons (Fsp3) is 0.263.